The second kappa shape index (κ2) is 8.54. The molecule has 0 saturated carbocycles. The van der Waals surface area contributed by atoms with Crippen molar-refractivity contribution in [2.24, 2.45) is 0 Å². The van der Waals surface area contributed by atoms with Gasteiger partial charge in [0, 0.05) is 31.6 Å². The fourth-order valence-electron chi connectivity index (χ4n) is 2.66. The number of halogens is 1. The van der Waals surface area contributed by atoms with Gasteiger partial charge in [-0.3, -0.25) is 0 Å². The van der Waals surface area contributed by atoms with Crippen LogP contribution in [0.1, 0.15) is 33.6 Å². The van der Waals surface area contributed by atoms with Crippen LogP contribution in [0.2, 0.25) is 0 Å². The number of carbonyl (C=O) groups is 1. The Bertz CT molecular complexity index is 565. The van der Waals surface area contributed by atoms with Gasteiger partial charge in [-0.15, -0.1) is 11.8 Å². The zero-order chi connectivity index (χ0) is 17.7. The number of likely N-dealkylation sites (tertiary alicyclic amines) is 1. The van der Waals surface area contributed by atoms with E-state index in [-0.39, 0.29) is 12.1 Å². The van der Waals surface area contributed by atoms with Gasteiger partial charge in [-0.2, -0.15) is 0 Å². The van der Waals surface area contributed by atoms with Gasteiger partial charge in [0.25, 0.3) is 0 Å². The molecule has 0 radical (unpaired) electrons. The molecule has 1 fully saturated rings. The van der Waals surface area contributed by atoms with Crippen LogP contribution >= 0.6 is 27.7 Å². The van der Waals surface area contributed by atoms with Crippen LogP contribution in [0.15, 0.2) is 27.8 Å². The molecule has 0 bridgehead atoms. The monoisotopic (exact) mass is 416 g/mol. The number of hydrogen-bond acceptors (Lipinski definition) is 5. The Balaban J connectivity index is 2.04. The summed E-state index contributed by atoms with van der Waals surface area (Å²) in [4.78, 5) is 18.8. The normalized spacial score (nSPS) is 21.1. The van der Waals surface area contributed by atoms with Crippen molar-refractivity contribution in [3.05, 3.63) is 22.8 Å². The molecule has 5 nitrogen and oxygen atoms in total. The summed E-state index contributed by atoms with van der Waals surface area (Å²) in [7, 11) is 1.68. The molecule has 1 saturated heterocycles. The number of nitrogens with zero attached hydrogens (tertiary/aromatic N) is 2. The largest absolute Gasteiger partial charge is 0.444 e. The number of pyridine rings is 1. The van der Waals surface area contributed by atoms with Crippen LogP contribution in [0.3, 0.4) is 0 Å². The predicted molar refractivity (Wildman–Crippen MR) is 99.4 cm³/mol. The van der Waals surface area contributed by atoms with E-state index in [0.717, 1.165) is 22.5 Å². The Kier molecular flexibility index (Phi) is 6.95. The average molecular weight is 417 g/mol. The molecule has 24 heavy (non-hydrogen) atoms. The lowest BCUT2D eigenvalue weighted by Crippen LogP contribution is -2.40. The Morgan fingerprint density at radius 3 is 2.83 bits per heavy atom. The van der Waals surface area contributed by atoms with Crippen LogP contribution in [0.4, 0.5) is 4.79 Å². The summed E-state index contributed by atoms with van der Waals surface area (Å²) in [5.74, 6) is 0. The second-order valence-corrected chi connectivity index (χ2v) is 8.98. The van der Waals surface area contributed by atoms with Crippen molar-refractivity contribution in [1.82, 2.24) is 9.88 Å². The lowest BCUT2D eigenvalue weighted by Gasteiger charge is -2.28. The number of carbonyl (C=O) groups excluding carboxylic acids is 1. The quantitative estimate of drug-likeness (QED) is 0.667. The topological polar surface area (TPSA) is 51.7 Å². The van der Waals surface area contributed by atoms with Gasteiger partial charge in [-0.1, -0.05) is 6.07 Å². The van der Waals surface area contributed by atoms with Gasteiger partial charge in [-0.25, -0.2) is 9.78 Å². The Hall–Kier alpha value is -0.790. The van der Waals surface area contributed by atoms with Crippen molar-refractivity contribution in [3.8, 4) is 0 Å². The van der Waals surface area contributed by atoms with Crippen molar-refractivity contribution in [2.75, 3.05) is 20.3 Å². The summed E-state index contributed by atoms with van der Waals surface area (Å²) in [5.41, 5.74) is -0.486. The standard InChI is InChI=1S/C17H25BrN2O3S/c1-17(2,3)23-16(21)20-11-13(10-12(20)8-9-22-4)24-15-7-5-6-14(18)19-15/h5-7,12-13H,8-11H2,1-4H3. The predicted octanol–water partition coefficient (Wildman–Crippen LogP) is 4.35. The van der Waals surface area contributed by atoms with E-state index in [1.807, 2.05) is 43.9 Å². The van der Waals surface area contributed by atoms with E-state index in [0.29, 0.717) is 18.4 Å². The molecule has 2 rings (SSSR count). The zero-order valence-electron chi connectivity index (χ0n) is 14.6. The van der Waals surface area contributed by atoms with E-state index in [9.17, 15) is 4.79 Å². The number of amides is 1. The summed E-state index contributed by atoms with van der Waals surface area (Å²) in [6, 6.07) is 6.02. The maximum Gasteiger partial charge on any atom is 0.410 e. The SMILES string of the molecule is COCCC1CC(Sc2cccc(Br)n2)CN1C(=O)OC(C)(C)C. The second-order valence-electron chi connectivity index (χ2n) is 6.84. The number of methoxy groups -OCH3 is 1. The first-order valence-corrected chi connectivity index (χ1v) is 9.73. The fourth-order valence-corrected chi connectivity index (χ4v) is 4.32. The number of thioether (sulfide) groups is 1. The van der Waals surface area contributed by atoms with E-state index < -0.39 is 5.60 Å². The zero-order valence-corrected chi connectivity index (χ0v) is 17.0. The minimum absolute atomic E-state index is 0.143. The van der Waals surface area contributed by atoms with Gasteiger partial charge in [0.05, 0.1) is 5.03 Å². The summed E-state index contributed by atoms with van der Waals surface area (Å²) >= 11 is 5.11. The number of aromatic nitrogens is 1. The molecule has 0 spiro atoms. The van der Waals surface area contributed by atoms with E-state index >= 15 is 0 Å². The highest BCUT2D eigenvalue weighted by Crippen LogP contribution is 2.34. The summed E-state index contributed by atoms with van der Waals surface area (Å²) in [5, 5.41) is 1.27. The van der Waals surface area contributed by atoms with Gasteiger partial charge in [0.2, 0.25) is 0 Å². The van der Waals surface area contributed by atoms with E-state index in [2.05, 4.69) is 20.9 Å². The maximum atomic E-state index is 12.5. The molecule has 2 unspecified atom stereocenters. The molecule has 1 aliphatic heterocycles. The van der Waals surface area contributed by atoms with Gasteiger partial charge in [-0.05, 0) is 61.7 Å². The van der Waals surface area contributed by atoms with Crippen LogP contribution < -0.4 is 0 Å². The average Bonchev–Trinajstić information content (AvgIpc) is 2.86. The molecule has 1 aromatic rings. The van der Waals surface area contributed by atoms with Crippen LogP contribution in [0, 0.1) is 0 Å². The van der Waals surface area contributed by atoms with Crippen LogP contribution in [-0.4, -0.2) is 53.1 Å². The van der Waals surface area contributed by atoms with Crippen molar-refractivity contribution < 1.29 is 14.3 Å². The van der Waals surface area contributed by atoms with Gasteiger partial charge < -0.3 is 14.4 Å². The minimum Gasteiger partial charge on any atom is -0.444 e. The first kappa shape index (κ1) is 19.5. The van der Waals surface area contributed by atoms with Gasteiger partial charge in [0.1, 0.15) is 10.2 Å². The molecular weight excluding hydrogens is 392 g/mol. The first-order valence-electron chi connectivity index (χ1n) is 8.06. The highest BCUT2D eigenvalue weighted by atomic mass is 79.9. The molecule has 0 N–H and O–H groups in total. The molecule has 0 aromatic carbocycles. The lowest BCUT2D eigenvalue weighted by molar-refractivity contribution is 0.0202. The summed E-state index contributed by atoms with van der Waals surface area (Å²) in [6.45, 7) is 6.98. The van der Waals surface area contributed by atoms with Crippen molar-refractivity contribution in [1.29, 1.82) is 0 Å². The molecule has 7 heteroatoms. The van der Waals surface area contributed by atoms with Gasteiger partial charge in [0.15, 0.2) is 0 Å². The molecule has 134 valence electrons. The highest BCUT2D eigenvalue weighted by Gasteiger charge is 2.37. The minimum atomic E-state index is -0.486. The molecule has 2 heterocycles. The summed E-state index contributed by atoms with van der Waals surface area (Å²) in [6.07, 6.45) is 1.49. The molecule has 1 aliphatic rings. The highest BCUT2D eigenvalue weighted by molar-refractivity contribution is 9.10. The fraction of sp³-hybridized carbons (Fsp3) is 0.647. The lowest BCUT2D eigenvalue weighted by atomic mass is 10.1. The van der Waals surface area contributed by atoms with Gasteiger partial charge >= 0.3 is 6.09 Å². The Morgan fingerprint density at radius 2 is 2.21 bits per heavy atom. The Morgan fingerprint density at radius 1 is 1.46 bits per heavy atom. The van der Waals surface area contributed by atoms with Crippen LogP contribution in [-0.2, 0) is 9.47 Å². The molecule has 1 aromatic heterocycles. The third kappa shape index (κ3) is 5.93. The summed E-state index contributed by atoms with van der Waals surface area (Å²) < 4.78 is 11.6. The smallest absolute Gasteiger partial charge is 0.410 e. The van der Waals surface area contributed by atoms with Crippen molar-refractivity contribution in [2.45, 2.75) is 55.5 Å². The third-order valence-electron chi connectivity index (χ3n) is 3.64. The van der Waals surface area contributed by atoms with Crippen molar-refractivity contribution in [3.63, 3.8) is 0 Å². The third-order valence-corrected chi connectivity index (χ3v) is 5.22. The van der Waals surface area contributed by atoms with E-state index in [1.54, 1.807) is 18.9 Å². The molecule has 1 amide bonds. The number of ether oxygens (including phenoxy) is 2. The van der Waals surface area contributed by atoms with Crippen molar-refractivity contribution >= 4 is 33.8 Å². The Labute approximate surface area is 156 Å². The van der Waals surface area contributed by atoms with Crippen LogP contribution in [0.25, 0.3) is 0 Å². The molecule has 0 aliphatic carbocycles. The van der Waals surface area contributed by atoms with Crippen LogP contribution in [0.5, 0.6) is 0 Å². The molecular formula is C17H25BrN2O3S. The number of hydrogen-bond donors (Lipinski definition) is 0. The maximum absolute atomic E-state index is 12.5. The molecule has 2 atom stereocenters. The van der Waals surface area contributed by atoms with E-state index in [4.69, 9.17) is 9.47 Å². The number of rotatable bonds is 5. The first-order chi connectivity index (χ1) is 11.3. The van der Waals surface area contributed by atoms with E-state index in [1.165, 1.54) is 0 Å².